The molecule has 1 aromatic carbocycles. The van der Waals surface area contributed by atoms with Crippen molar-refractivity contribution >= 4 is 19.9 Å². The molecule has 1 heterocycles. The second-order valence-corrected chi connectivity index (χ2v) is 12.0. The highest BCUT2D eigenvalue weighted by molar-refractivity contribution is 7.92. The van der Waals surface area contributed by atoms with Crippen molar-refractivity contribution in [1.82, 2.24) is 4.31 Å². The van der Waals surface area contributed by atoms with Crippen molar-refractivity contribution in [3.05, 3.63) is 35.4 Å². The van der Waals surface area contributed by atoms with Gasteiger partial charge in [0, 0.05) is 12.6 Å². The molecule has 5 nitrogen and oxygen atoms in total. The summed E-state index contributed by atoms with van der Waals surface area (Å²) in [6.07, 6.45) is 0.832. The van der Waals surface area contributed by atoms with E-state index in [1.54, 1.807) is 6.92 Å². The number of benzene rings is 1. The molecular weight excluding hydrogens is 358 g/mol. The van der Waals surface area contributed by atoms with Crippen LogP contribution in [0, 0.1) is 0 Å². The van der Waals surface area contributed by atoms with E-state index in [4.69, 9.17) is 0 Å². The van der Waals surface area contributed by atoms with Crippen molar-refractivity contribution in [1.29, 1.82) is 0 Å². The fourth-order valence-electron chi connectivity index (χ4n) is 3.22. The third kappa shape index (κ3) is 5.28. The van der Waals surface area contributed by atoms with Crippen LogP contribution in [0.4, 0.5) is 0 Å². The Bertz CT molecular complexity index is 790. The van der Waals surface area contributed by atoms with Crippen molar-refractivity contribution in [2.24, 2.45) is 0 Å². The second kappa shape index (κ2) is 7.37. The minimum atomic E-state index is -3.47. The Labute approximate surface area is 152 Å². The molecular formula is C18H29NO4S2. The molecule has 7 heteroatoms. The van der Waals surface area contributed by atoms with Gasteiger partial charge in [-0.25, -0.2) is 16.8 Å². The van der Waals surface area contributed by atoms with Crippen LogP contribution in [0.15, 0.2) is 24.3 Å². The zero-order valence-corrected chi connectivity index (χ0v) is 17.2. The van der Waals surface area contributed by atoms with Crippen molar-refractivity contribution in [3.8, 4) is 0 Å². The van der Waals surface area contributed by atoms with Gasteiger partial charge in [0.15, 0.2) is 9.84 Å². The van der Waals surface area contributed by atoms with E-state index >= 15 is 0 Å². The molecule has 0 saturated carbocycles. The molecule has 0 aromatic heterocycles. The highest BCUT2D eigenvalue weighted by atomic mass is 32.2. The minimum Gasteiger partial charge on any atom is -0.229 e. The van der Waals surface area contributed by atoms with Gasteiger partial charge < -0.3 is 0 Å². The Morgan fingerprint density at radius 2 is 1.76 bits per heavy atom. The van der Waals surface area contributed by atoms with E-state index in [2.05, 4.69) is 20.8 Å². The predicted octanol–water partition coefficient (Wildman–Crippen LogP) is 2.37. The summed E-state index contributed by atoms with van der Waals surface area (Å²) in [7, 11) is -6.58. The van der Waals surface area contributed by atoms with Gasteiger partial charge in [0.2, 0.25) is 10.0 Å². The summed E-state index contributed by atoms with van der Waals surface area (Å²) in [6.45, 7) is 8.50. The molecule has 1 saturated heterocycles. The molecule has 0 radical (unpaired) electrons. The van der Waals surface area contributed by atoms with Crippen molar-refractivity contribution < 1.29 is 16.8 Å². The van der Waals surface area contributed by atoms with Gasteiger partial charge in [0.05, 0.1) is 17.3 Å². The van der Waals surface area contributed by atoms with E-state index in [0.717, 1.165) is 5.56 Å². The van der Waals surface area contributed by atoms with E-state index in [1.165, 1.54) is 9.87 Å². The molecule has 0 amide bonds. The van der Waals surface area contributed by atoms with E-state index < -0.39 is 25.9 Å². The van der Waals surface area contributed by atoms with E-state index in [9.17, 15) is 16.8 Å². The number of sulfone groups is 1. The molecule has 1 unspecified atom stereocenters. The Hall–Kier alpha value is -0.920. The fourth-order valence-corrected chi connectivity index (χ4v) is 6.80. The summed E-state index contributed by atoms with van der Waals surface area (Å²) in [5, 5.41) is 0. The largest absolute Gasteiger partial charge is 0.229 e. The first kappa shape index (κ1) is 20.4. The lowest BCUT2D eigenvalue weighted by atomic mass is 9.86. The SMILES string of the molecule is CCN(C1CCS(=O)(=O)C1)S(=O)(=O)CCc1ccc(C(C)(C)C)cc1. The first-order chi connectivity index (χ1) is 11.4. The monoisotopic (exact) mass is 387 g/mol. The van der Waals surface area contributed by atoms with E-state index in [0.29, 0.717) is 19.4 Å². The standard InChI is InChI=1S/C18H29NO4S2/c1-5-19(17-11-12-24(20,21)14-17)25(22,23)13-10-15-6-8-16(9-7-15)18(2,3)4/h6-9,17H,5,10-14H2,1-4H3. The van der Waals surface area contributed by atoms with Gasteiger partial charge in [-0.2, -0.15) is 4.31 Å². The third-order valence-corrected chi connectivity index (χ3v) is 8.49. The Balaban J connectivity index is 2.05. The lowest BCUT2D eigenvalue weighted by Gasteiger charge is -2.26. The Morgan fingerprint density at radius 3 is 2.20 bits per heavy atom. The Kier molecular flexibility index (Phi) is 6.01. The van der Waals surface area contributed by atoms with Crippen LogP contribution in [0.2, 0.25) is 0 Å². The molecule has 0 aliphatic carbocycles. The summed E-state index contributed by atoms with van der Waals surface area (Å²) < 4.78 is 50.1. The number of aryl methyl sites for hydroxylation is 1. The molecule has 2 rings (SSSR count). The maximum absolute atomic E-state index is 12.7. The molecule has 1 aliphatic heterocycles. The number of hydrogen-bond donors (Lipinski definition) is 0. The molecule has 0 spiro atoms. The average molecular weight is 388 g/mol. The molecule has 0 bridgehead atoms. The number of nitrogens with zero attached hydrogens (tertiary/aromatic N) is 1. The first-order valence-electron chi connectivity index (χ1n) is 8.74. The fraction of sp³-hybridized carbons (Fsp3) is 0.667. The van der Waals surface area contributed by atoms with E-state index in [1.807, 2.05) is 24.3 Å². The first-order valence-corrected chi connectivity index (χ1v) is 12.2. The smallest absolute Gasteiger partial charge is 0.214 e. The maximum atomic E-state index is 12.7. The van der Waals surface area contributed by atoms with Crippen LogP contribution >= 0.6 is 0 Å². The summed E-state index contributed by atoms with van der Waals surface area (Å²) >= 11 is 0. The van der Waals surface area contributed by atoms with Gasteiger partial charge in [-0.3, -0.25) is 0 Å². The van der Waals surface area contributed by atoms with Gasteiger partial charge in [0.1, 0.15) is 0 Å². The molecule has 1 aliphatic rings. The minimum absolute atomic E-state index is 0.00620. The van der Waals surface area contributed by atoms with Crippen LogP contribution in [0.3, 0.4) is 0 Å². The maximum Gasteiger partial charge on any atom is 0.214 e. The zero-order valence-electron chi connectivity index (χ0n) is 15.5. The molecule has 25 heavy (non-hydrogen) atoms. The predicted molar refractivity (Wildman–Crippen MR) is 102 cm³/mol. The highest BCUT2D eigenvalue weighted by Gasteiger charge is 2.36. The van der Waals surface area contributed by atoms with Crippen molar-refractivity contribution in [2.45, 2.75) is 52.0 Å². The third-order valence-electron chi connectivity index (χ3n) is 4.75. The van der Waals surface area contributed by atoms with Gasteiger partial charge in [-0.15, -0.1) is 0 Å². The lowest BCUT2D eigenvalue weighted by molar-refractivity contribution is 0.354. The summed E-state index contributed by atoms with van der Waals surface area (Å²) in [5.74, 6) is 0.0323. The summed E-state index contributed by atoms with van der Waals surface area (Å²) in [5.41, 5.74) is 2.26. The van der Waals surface area contributed by atoms with Crippen LogP contribution < -0.4 is 0 Å². The Morgan fingerprint density at radius 1 is 1.16 bits per heavy atom. The molecule has 1 atom stereocenters. The van der Waals surface area contributed by atoms with Crippen molar-refractivity contribution in [3.63, 3.8) is 0 Å². The van der Waals surface area contributed by atoms with Gasteiger partial charge in [-0.05, 0) is 29.4 Å². The van der Waals surface area contributed by atoms with Crippen LogP contribution in [0.5, 0.6) is 0 Å². The quantitative estimate of drug-likeness (QED) is 0.751. The average Bonchev–Trinajstić information content (AvgIpc) is 2.85. The summed E-state index contributed by atoms with van der Waals surface area (Å²) in [4.78, 5) is 0. The number of hydrogen-bond acceptors (Lipinski definition) is 4. The van der Waals surface area contributed by atoms with Gasteiger partial charge >= 0.3 is 0 Å². The van der Waals surface area contributed by atoms with Crippen molar-refractivity contribution in [2.75, 3.05) is 23.8 Å². The van der Waals surface area contributed by atoms with Gasteiger partial charge in [0.25, 0.3) is 0 Å². The zero-order chi connectivity index (χ0) is 18.9. The van der Waals surface area contributed by atoms with Crippen LogP contribution in [0.1, 0.15) is 45.2 Å². The molecule has 0 N–H and O–H groups in total. The number of sulfonamides is 1. The number of rotatable bonds is 6. The molecule has 1 aromatic rings. The molecule has 142 valence electrons. The second-order valence-electron chi connectivity index (χ2n) is 7.77. The van der Waals surface area contributed by atoms with Crippen LogP contribution in [-0.2, 0) is 31.7 Å². The van der Waals surface area contributed by atoms with Crippen LogP contribution in [0.25, 0.3) is 0 Å². The molecule has 1 fully saturated rings. The lowest BCUT2D eigenvalue weighted by Crippen LogP contribution is -2.42. The van der Waals surface area contributed by atoms with Crippen LogP contribution in [-0.4, -0.2) is 51.0 Å². The topological polar surface area (TPSA) is 71.5 Å². The van der Waals surface area contributed by atoms with E-state index in [-0.39, 0.29) is 22.7 Å². The summed E-state index contributed by atoms with van der Waals surface area (Å²) in [6, 6.07) is 7.63. The highest BCUT2D eigenvalue weighted by Crippen LogP contribution is 2.23. The van der Waals surface area contributed by atoms with Gasteiger partial charge in [-0.1, -0.05) is 52.0 Å². The normalized spacial score (nSPS) is 20.9.